The van der Waals surface area contributed by atoms with E-state index in [-0.39, 0.29) is 45.2 Å². The Morgan fingerprint density at radius 3 is 2.47 bits per heavy atom. The highest BCUT2D eigenvalue weighted by Gasteiger charge is 2.37. The van der Waals surface area contributed by atoms with Gasteiger partial charge >= 0.3 is 6.09 Å². The maximum Gasteiger partial charge on any atom is 0.410 e. The van der Waals surface area contributed by atoms with Gasteiger partial charge in [0.2, 0.25) is 5.91 Å². The molecular weight excluding hydrogens is 455 g/mol. The first-order chi connectivity index (χ1) is 15.0. The number of hydrogen-bond acceptors (Lipinski definition) is 5. The minimum atomic E-state index is -0.967. The molecule has 3 rings (SSSR count). The van der Waals surface area contributed by atoms with Crippen molar-refractivity contribution >= 4 is 35.2 Å². The number of nitrogens with zero attached hydrogens (tertiary/aromatic N) is 2. The highest BCUT2D eigenvalue weighted by molar-refractivity contribution is 6.42. The van der Waals surface area contributed by atoms with E-state index in [0.29, 0.717) is 45.4 Å². The Morgan fingerprint density at radius 2 is 1.78 bits per heavy atom. The van der Waals surface area contributed by atoms with Crippen LogP contribution in [0.1, 0.15) is 58.1 Å². The highest BCUT2D eigenvalue weighted by atomic mass is 35.5. The second-order valence-corrected chi connectivity index (χ2v) is 10.5. The van der Waals surface area contributed by atoms with Crippen LogP contribution in [0, 0.1) is 11.8 Å². The number of benzene rings is 1. The Balaban J connectivity index is 1.59. The predicted molar refractivity (Wildman–Crippen MR) is 123 cm³/mol. The van der Waals surface area contributed by atoms with Gasteiger partial charge in [-0.25, -0.2) is 4.79 Å². The molecule has 2 aliphatic rings. The number of ether oxygens (including phenoxy) is 1. The van der Waals surface area contributed by atoms with Crippen LogP contribution in [-0.4, -0.2) is 63.8 Å². The van der Waals surface area contributed by atoms with Crippen LogP contribution in [0.3, 0.4) is 0 Å². The van der Waals surface area contributed by atoms with E-state index in [1.807, 2.05) is 25.7 Å². The first kappa shape index (κ1) is 24.9. The number of rotatable bonds is 3. The van der Waals surface area contributed by atoms with E-state index in [2.05, 4.69) is 0 Å². The normalized spacial score (nSPS) is 23.1. The lowest BCUT2D eigenvalue weighted by Crippen LogP contribution is -2.40. The number of hydrogen-bond donors (Lipinski definition) is 2. The molecule has 178 valence electrons. The zero-order valence-electron chi connectivity index (χ0n) is 18.8. The second kappa shape index (κ2) is 10.1. The average Bonchev–Trinajstić information content (AvgIpc) is 3.08. The summed E-state index contributed by atoms with van der Waals surface area (Å²) in [4.78, 5) is 28.8. The molecule has 0 aliphatic carbocycles. The standard InChI is InChI=1S/C23H32Cl2N2O5/c1-23(2,3)32-22(31)27-12-9-15(13-27)21(30)26-10-4-5-14(8-11-26)20(29)18-17(28)7-6-16(24)19(18)25/h6-7,14-15,20,28-29H,4-5,8-13H2,1-3H3/t14-,15-,20-/m0/s1. The molecule has 0 bridgehead atoms. The Hall–Kier alpha value is -1.70. The van der Waals surface area contributed by atoms with E-state index in [1.54, 1.807) is 4.90 Å². The fourth-order valence-electron chi connectivity index (χ4n) is 4.44. The second-order valence-electron chi connectivity index (χ2n) is 9.67. The van der Waals surface area contributed by atoms with Crippen molar-refractivity contribution in [1.82, 2.24) is 9.80 Å². The van der Waals surface area contributed by atoms with Crippen molar-refractivity contribution in [2.45, 2.75) is 58.2 Å². The van der Waals surface area contributed by atoms with E-state index >= 15 is 0 Å². The van der Waals surface area contributed by atoms with Gasteiger partial charge in [0.05, 0.1) is 22.1 Å². The molecule has 2 heterocycles. The maximum absolute atomic E-state index is 13.1. The SMILES string of the molecule is CC(C)(C)OC(=O)N1CC[C@H](C(=O)N2CCC[C@H]([C@H](O)c3c(O)ccc(Cl)c3Cl)CC2)C1. The summed E-state index contributed by atoms with van der Waals surface area (Å²) in [6.45, 7) is 7.43. The van der Waals surface area contributed by atoms with Gasteiger partial charge in [-0.15, -0.1) is 0 Å². The first-order valence-electron chi connectivity index (χ1n) is 11.1. The molecule has 2 saturated heterocycles. The van der Waals surface area contributed by atoms with Gasteiger partial charge in [0.1, 0.15) is 11.4 Å². The van der Waals surface area contributed by atoms with Crippen LogP contribution in [0.2, 0.25) is 10.0 Å². The fraction of sp³-hybridized carbons (Fsp3) is 0.652. The zero-order valence-corrected chi connectivity index (χ0v) is 20.3. The summed E-state index contributed by atoms with van der Waals surface area (Å²) in [5.74, 6) is -0.445. The Kier molecular flexibility index (Phi) is 7.84. The maximum atomic E-state index is 13.1. The fourth-order valence-corrected chi connectivity index (χ4v) is 4.88. The zero-order chi connectivity index (χ0) is 23.6. The van der Waals surface area contributed by atoms with Crippen molar-refractivity contribution in [2.24, 2.45) is 11.8 Å². The summed E-state index contributed by atoms with van der Waals surface area (Å²) in [5, 5.41) is 21.6. The van der Waals surface area contributed by atoms with E-state index in [4.69, 9.17) is 27.9 Å². The van der Waals surface area contributed by atoms with Gasteiger partial charge in [0.25, 0.3) is 0 Å². The summed E-state index contributed by atoms with van der Waals surface area (Å²) < 4.78 is 5.42. The Morgan fingerprint density at radius 1 is 1.09 bits per heavy atom. The van der Waals surface area contributed by atoms with Gasteiger partial charge in [-0.1, -0.05) is 23.2 Å². The van der Waals surface area contributed by atoms with Crippen LogP contribution in [0.25, 0.3) is 0 Å². The van der Waals surface area contributed by atoms with Gasteiger partial charge in [0.15, 0.2) is 0 Å². The molecule has 0 saturated carbocycles. The summed E-state index contributed by atoms with van der Waals surface area (Å²) in [6, 6.07) is 2.92. The van der Waals surface area contributed by atoms with Gasteiger partial charge in [0, 0.05) is 31.7 Å². The molecule has 2 amide bonds. The number of aromatic hydroxyl groups is 1. The van der Waals surface area contributed by atoms with Gasteiger partial charge < -0.3 is 24.7 Å². The molecule has 2 N–H and O–H groups in total. The lowest BCUT2D eigenvalue weighted by molar-refractivity contribution is -0.135. The third kappa shape index (κ3) is 5.80. The van der Waals surface area contributed by atoms with Crippen LogP contribution >= 0.6 is 23.2 Å². The van der Waals surface area contributed by atoms with Crippen LogP contribution in [0.15, 0.2) is 12.1 Å². The quantitative estimate of drug-likeness (QED) is 0.650. The molecule has 2 aliphatic heterocycles. The molecular formula is C23H32Cl2N2O5. The molecule has 9 heteroatoms. The van der Waals surface area contributed by atoms with Crippen LogP contribution in [0.5, 0.6) is 5.75 Å². The molecule has 0 unspecified atom stereocenters. The van der Waals surface area contributed by atoms with E-state index in [0.717, 1.165) is 6.42 Å². The number of likely N-dealkylation sites (tertiary alicyclic amines) is 2. The van der Waals surface area contributed by atoms with Crippen LogP contribution < -0.4 is 0 Å². The summed E-state index contributed by atoms with van der Waals surface area (Å²) in [7, 11) is 0. The predicted octanol–water partition coefficient (Wildman–Crippen LogP) is 4.62. The third-order valence-corrected chi connectivity index (χ3v) is 6.94. The number of phenolic OH excluding ortho intramolecular Hbond substituents is 1. The van der Waals surface area contributed by atoms with Crippen LogP contribution in [-0.2, 0) is 9.53 Å². The lowest BCUT2D eigenvalue weighted by Gasteiger charge is -2.26. The number of carbonyl (C=O) groups is 2. The number of halogens is 2. The summed E-state index contributed by atoms with van der Waals surface area (Å²) in [6.07, 6.45) is 1.27. The number of aliphatic hydroxyl groups is 1. The largest absolute Gasteiger partial charge is 0.508 e. The molecule has 0 spiro atoms. The van der Waals surface area contributed by atoms with Crippen molar-refractivity contribution in [3.8, 4) is 5.75 Å². The van der Waals surface area contributed by atoms with Gasteiger partial charge in [-0.3, -0.25) is 4.79 Å². The number of amides is 2. The van der Waals surface area contributed by atoms with Gasteiger partial charge in [-0.2, -0.15) is 0 Å². The van der Waals surface area contributed by atoms with Crippen molar-refractivity contribution in [2.75, 3.05) is 26.2 Å². The van der Waals surface area contributed by atoms with Crippen molar-refractivity contribution < 1.29 is 24.5 Å². The molecule has 0 radical (unpaired) electrons. The van der Waals surface area contributed by atoms with E-state index in [1.165, 1.54) is 12.1 Å². The number of phenols is 1. The Bertz CT molecular complexity index is 858. The molecule has 32 heavy (non-hydrogen) atoms. The van der Waals surface area contributed by atoms with E-state index < -0.39 is 11.7 Å². The Labute approximate surface area is 199 Å². The monoisotopic (exact) mass is 486 g/mol. The van der Waals surface area contributed by atoms with Crippen molar-refractivity contribution in [1.29, 1.82) is 0 Å². The lowest BCUT2D eigenvalue weighted by atomic mass is 9.89. The van der Waals surface area contributed by atoms with Gasteiger partial charge in [-0.05, 0) is 64.5 Å². The molecule has 0 aromatic heterocycles. The smallest absolute Gasteiger partial charge is 0.410 e. The van der Waals surface area contributed by atoms with Crippen molar-refractivity contribution in [3.05, 3.63) is 27.7 Å². The van der Waals surface area contributed by atoms with E-state index in [9.17, 15) is 19.8 Å². The number of carbonyl (C=O) groups excluding carboxylic acids is 2. The minimum Gasteiger partial charge on any atom is -0.508 e. The molecule has 2 fully saturated rings. The highest BCUT2D eigenvalue weighted by Crippen LogP contribution is 2.42. The topological polar surface area (TPSA) is 90.3 Å². The summed E-state index contributed by atoms with van der Waals surface area (Å²) in [5.41, 5.74) is -0.326. The van der Waals surface area contributed by atoms with Crippen molar-refractivity contribution in [3.63, 3.8) is 0 Å². The molecule has 1 aromatic rings. The first-order valence-corrected chi connectivity index (χ1v) is 11.8. The molecule has 3 atom stereocenters. The van der Waals surface area contributed by atoms with Crippen LogP contribution in [0.4, 0.5) is 4.79 Å². The number of aliphatic hydroxyl groups excluding tert-OH is 1. The molecule has 1 aromatic carbocycles. The minimum absolute atomic E-state index is 0.0369. The average molecular weight is 487 g/mol. The third-order valence-electron chi connectivity index (χ3n) is 6.13. The molecule has 7 nitrogen and oxygen atoms in total. The summed E-state index contributed by atoms with van der Waals surface area (Å²) >= 11 is 12.3.